The van der Waals surface area contributed by atoms with Gasteiger partial charge in [0.05, 0.1) is 18.4 Å². The molecule has 2 aromatic rings. The smallest absolute Gasteiger partial charge is 0.251 e. The Hall–Kier alpha value is -2.14. The highest BCUT2D eigenvalue weighted by Gasteiger charge is 2.12. The summed E-state index contributed by atoms with van der Waals surface area (Å²) in [6, 6.07) is 7.42. The van der Waals surface area contributed by atoms with Crippen LogP contribution in [-0.4, -0.2) is 18.0 Å². The first kappa shape index (κ1) is 14.3. The molecule has 104 valence electrons. The van der Waals surface area contributed by atoms with Crippen LogP contribution in [0.2, 0.25) is 0 Å². The minimum atomic E-state index is -0.474. The Morgan fingerprint density at radius 3 is 2.60 bits per heavy atom. The molecule has 0 aliphatic carbocycles. The van der Waals surface area contributed by atoms with Crippen LogP contribution in [0.25, 0.3) is 11.6 Å². The van der Waals surface area contributed by atoms with Crippen LogP contribution in [0.3, 0.4) is 0 Å². The Morgan fingerprint density at radius 1 is 1.40 bits per heavy atom. The fourth-order valence-electron chi connectivity index (χ4n) is 1.70. The van der Waals surface area contributed by atoms with E-state index in [0.29, 0.717) is 10.6 Å². The number of hydrogen-bond donors (Lipinski definition) is 1. The van der Waals surface area contributed by atoms with E-state index in [1.165, 1.54) is 11.3 Å². The summed E-state index contributed by atoms with van der Waals surface area (Å²) < 4.78 is 5.10. The molecule has 0 aliphatic rings. The van der Waals surface area contributed by atoms with Gasteiger partial charge in [-0.3, -0.25) is 4.79 Å². The number of nitrogens with two attached hydrogens (primary N) is 1. The molecule has 1 heterocycles. The molecule has 0 saturated carbocycles. The number of methoxy groups -OCH3 is 1. The molecule has 20 heavy (non-hydrogen) atoms. The molecule has 0 unspecified atom stereocenters. The third-order valence-electron chi connectivity index (χ3n) is 2.84. The largest absolute Gasteiger partial charge is 0.497 e. The summed E-state index contributed by atoms with van der Waals surface area (Å²) in [4.78, 5) is 16.0. The zero-order valence-electron chi connectivity index (χ0n) is 11.4. The molecule has 4 nitrogen and oxygen atoms in total. The maximum atomic E-state index is 11.6. The first-order valence-electron chi connectivity index (χ1n) is 6.24. The van der Waals surface area contributed by atoms with Crippen molar-refractivity contribution in [2.45, 2.75) is 13.3 Å². The molecule has 0 radical (unpaired) electrons. The van der Waals surface area contributed by atoms with Gasteiger partial charge in [-0.2, -0.15) is 0 Å². The second-order valence-electron chi connectivity index (χ2n) is 4.19. The van der Waals surface area contributed by atoms with Gasteiger partial charge in [-0.1, -0.05) is 19.1 Å². The second kappa shape index (κ2) is 6.34. The number of ether oxygens (including phenoxy) is 1. The molecule has 0 saturated heterocycles. The molecule has 1 aromatic carbocycles. The molecular weight excluding hydrogens is 272 g/mol. The van der Waals surface area contributed by atoms with Crippen molar-refractivity contribution in [3.8, 4) is 5.75 Å². The molecule has 2 N–H and O–H groups in total. The third-order valence-corrected chi connectivity index (χ3v) is 3.76. The highest BCUT2D eigenvalue weighted by molar-refractivity contribution is 7.11. The van der Waals surface area contributed by atoms with Crippen molar-refractivity contribution < 1.29 is 9.53 Å². The molecule has 0 aliphatic heterocycles. The summed E-state index contributed by atoms with van der Waals surface area (Å²) in [6.45, 7) is 2.02. The second-order valence-corrected chi connectivity index (χ2v) is 5.05. The van der Waals surface area contributed by atoms with Crippen LogP contribution < -0.4 is 10.5 Å². The number of aromatic nitrogens is 1. The van der Waals surface area contributed by atoms with Crippen molar-refractivity contribution in [1.82, 2.24) is 4.98 Å². The van der Waals surface area contributed by atoms with Gasteiger partial charge >= 0.3 is 0 Å². The first-order valence-corrected chi connectivity index (χ1v) is 7.12. The average molecular weight is 288 g/mol. The monoisotopic (exact) mass is 288 g/mol. The average Bonchev–Trinajstić information content (AvgIpc) is 2.93. The predicted octanol–water partition coefficient (Wildman–Crippen LogP) is 2.74. The van der Waals surface area contributed by atoms with Gasteiger partial charge in [0.1, 0.15) is 10.8 Å². The number of primary amides is 1. The van der Waals surface area contributed by atoms with Crippen LogP contribution in [0, 0.1) is 0 Å². The fraction of sp³-hybridized carbons (Fsp3) is 0.200. The zero-order valence-corrected chi connectivity index (χ0v) is 12.2. The lowest BCUT2D eigenvalue weighted by Gasteiger charge is -2.02. The van der Waals surface area contributed by atoms with E-state index in [2.05, 4.69) is 4.98 Å². The molecule has 5 heteroatoms. The molecule has 0 bridgehead atoms. The summed E-state index contributed by atoms with van der Waals surface area (Å²) in [5, 5.41) is 2.60. The van der Waals surface area contributed by atoms with Crippen molar-refractivity contribution >= 4 is 28.9 Å². The van der Waals surface area contributed by atoms with Gasteiger partial charge in [-0.25, -0.2) is 4.98 Å². The number of rotatable bonds is 5. The Labute approximate surface area is 121 Å². The number of carbonyl (C=O) groups excluding carboxylic acids is 1. The van der Waals surface area contributed by atoms with Gasteiger partial charge in [-0.05, 0) is 30.2 Å². The molecular formula is C15H16N2O2S. The number of thiazole rings is 1. The van der Waals surface area contributed by atoms with Crippen LogP contribution >= 0.6 is 11.3 Å². The Morgan fingerprint density at radius 2 is 2.10 bits per heavy atom. The molecule has 0 atom stereocenters. The minimum absolute atomic E-state index is 0.430. The summed E-state index contributed by atoms with van der Waals surface area (Å²) in [6.07, 6.45) is 2.59. The first-order chi connectivity index (χ1) is 9.63. The van der Waals surface area contributed by atoms with Crippen LogP contribution in [0.15, 0.2) is 29.6 Å². The van der Waals surface area contributed by atoms with Gasteiger partial charge in [0.15, 0.2) is 0 Å². The van der Waals surface area contributed by atoms with Crippen molar-refractivity contribution in [1.29, 1.82) is 0 Å². The Balaban J connectivity index is 2.36. The SMILES string of the molecule is CCc1csc(C(=Cc2ccc(OC)cc2)C(N)=O)n1. The number of aryl methyl sites for hydroxylation is 1. The Kier molecular flexibility index (Phi) is 4.53. The van der Waals surface area contributed by atoms with E-state index in [4.69, 9.17) is 10.5 Å². The van der Waals surface area contributed by atoms with Crippen LogP contribution in [0.5, 0.6) is 5.75 Å². The lowest BCUT2D eigenvalue weighted by atomic mass is 10.1. The quantitative estimate of drug-likeness (QED) is 0.860. The van der Waals surface area contributed by atoms with Crippen molar-refractivity contribution in [2.24, 2.45) is 5.73 Å². The minimum Gasteiger partial charge on any atom is -0.497 e. The normalized spacial score (nSPS) is 11.4. The number of benzene rings is 1. The predicted molar refractivity (Wildman–Crippen MR) is 81.6 cm³/mol. The fourth-order valence-corrected chi connectivity index (χ4v) is 2.62. The van der Waals surface area contributed by atoms with Gasteiger partial charge in [0.2, 0.25) is 0 Å². The van der Waals surface area contributed by atoms with Gasteiger partial charge < -0.3 is 10.5 Å². The third kappa shape index (κ3) is 3.24. The number of nitrogens with zero attached hydrogens (tertiary/aromatic N) is 1. The van der Waals surface area contributed by atoms with E-state index in [9.17, 15) is 4.79 Å². The van der Waals surface area contributed by atoms with Crippen molar-refractivity contribution in [3.05, 3.63) is 45.9 Å². The van der Waals surface area contributed by atoms with Gasteiger partial charge in [-0.15, -0.1) is 11.3 Å². The highest BCUT2D eigenvalue weighted by Crippen LogP contribution is 2.23. The van der Waals surface area contributed by atoms with E-state index < -0.39 is 5.91 Å². The lowest BCUT2D eigenvalue weighted by Crippen LogP contribution is -2.12. The van der Waals surface area contributed by atoms with Crippen LogP contribution in [0.1, 0.15) is 23.2 Å². The topological polar surface area (TPSA) is 65.2 Å². The van der Waals surface area contributed by atoms with Gasteiger partial charge in [0.25, 0.3) is 5.91 Å². The number of carbonyl (C=O) groups is 1. The molecule has 0 spiro atoms. The van der Waals surface area contributed by atoms with Crippen molar-refractivity contribution in [3.63, 3.8) is 0 Å². The maximum Gasteiger partial charge on any atom is 0.251 e. The zero-order chi connectivity index (χ0) is 14.5. The van der Waals surface area contributed by atoms with Crippen LogP contribution in [-0.2, 0) is 11.2 Å². The highest BCUT2D eigenvalue weighted by atomic mass is 32.1. The standard InChI is InChI=1S/C15H16N2O2S/c1-3-11-9-20-15(17-11)13(14(16)18)8-10-4-6-12(19-2)7-5-10/h4-9H,3H2,1-2H3,(H2,16,18). The van der Waals surface area contributed by atoms with Gasteiger partial charge in [0, 0.05) is 5.38 Å². The van der Waals surface area contributed by atoms with E-state index >= 15 is 0 Å². The van der Waals surface area contributed by atoms with Crippen molar-refractivity contribution in [2.75, 3.05) is 7.11 Å². The molecule has 2 rings (SSSR count). The summed E-state index contributed by atoms with van der Waals surface area (Å²) >= 11 is 1.43. The molecule has 1 aromatic heterocycles. The summed E-state index contributed by atoms with van der Waals surface area (Å²) in [5.74, 6) is 0.295. The number of amides is 1. The summed E-state index contributed by atoms with van der Waals surface area (Å²) in [5.41, 5.74) is 7.74. The van der Waals surface area contributed by atoms with E-state index in [1.807, 2.05) is 36.6 Å². The van der Waals surface area contributed by atoms with E-state index in [1.54, 1.807) is 13.2 Å². The molecule has 0 fully saturated rings. The number of hydrogen-bond acceptors (Lipinski definition) is 4. The summed E-state index contributed by atoms with van der Waals surface area (Å²) in [7, 11) is 1.61. The van der Waals surface area contributed by atoms with E-state index in [-0.39, 0.29) is 0 Å². The van der Waals surface area contributed by atoms with Crippen LogP contribution in [0.4, 0.5) is 0 Å². The van der Waals surface area contributed by atoms with E-state index in [0.717, 1.165) is 23.4 Å². The lowest BCUT2D eigenvalue weighted by molar-refractivity contribution is -0.112. The molecule has 1 amide bonds. The maximum absolute atomic E-state index is 11.6. The Bertz CT molecular complexity index is 630.